The van der Waals surface area contributed by atoms with Crippen LogP contribution in [0.25, 0.3) is 10.8 Å². The molecule has 0 aliphatic heterocycles. The van der Waals surface area contributed by atoms with Crippen LogP contribution < -0.4 is 21.7 Å². The van der Waals surface area contributed by atoms with E-state index in [1.54, 1.807) is 18.3 Å². The number of aliphatic carboxylic acids is 1. The highest BCUT2D eigenvalue weighted by Crippen LogP contribution is 2.17. The van der Waals surface area contributed by atoms with E-state index in [1.807, 2.05) is 66.9 Å². The van der Waals surface area contributed by atoms with Crippen molar-refractivity contribution in [2.45, 2.75) is 44.9 Å². The summed E-state index contributed by atoms with van der Waals surface area (Å²) in [6.07, 6.45) is 5.46. The lowest BCUT2D eigenvalue weighted by Gasteiger charge is -2.15. The molecule has 1 atom stereocenters. The molecule has 2 aromatic heterocycles. The van der Waals surface area contributed by atoms with Crippen LogP contribution >= 0.6 is 0 Å². The molecule has 0 spiro atoms. The van der Waals surface area contributed by atoms with Crippen LogP contribution in [-0.2, 0) is 30.8 Å². The van der Waals surface area contributed by atoms with Crippen LogP contribution in [0, 0.1) is 0 Å². The van der Waals surface area contributed by atoms with Gasteiger partial charge in [0.15, 0.2) is 0 Å². The Hall–Kier alpha value is -4.83. The highest BCUT2D eigenvalue weighted by atomic mass is 16.4. The van der Waals surface area contributed by atoms with Gasteiger partial charge in [0.1, 0.15) is 6.04 Å². The van der Waals surface area contributed by atoms with E-state index in [0.29, 0.717) is 44.6 Å². The fraction of sp³-hybridized carbons (Fsp3) is 0.250. The number of aromatic nitrogens is 2. The third-order valence-electron chi connectivity index (χ3n) is 7.37. The first-order valence-corrected chi connectivity index (χ1v) is 15.3. The second kappa shape index (κ2) is 18.1. The van der Waals surface area contributed by atoms with Gasteiger partial charge >= 0.3 is 5.97 Å². The van der Waals surface area contributed by atoms with Crippen molar-refractivity contribution in [3.05, 3.63) is 138 Å². The highest BCUT2D eigenvalue weighted by molar-refractivity contribution is 5.96. The van der Waals surface area contributed by atoms with Crippen molar-refractivity contribution in [3.63, 3.8) is 0 Å². The number of aromatic amines is 1. The summed E-state index contributed by atoms with van der Waals surface area (Å²) in [5, 5.41) is 21.2. The molecule has 234 valence electrons. The topological polar surface area (TPSA) is 145 Å². The fourth-order valence-electron chi connectivity index (χ4n) is 4.88. The smallest absolute Gasteiger partial charge is 0.326 e. The van der Waals surface area contributed by atoms with E-state index in [9.17, 15) is 14.7 Å². The third-order valence-corrected chi connectivity index (χ3v) is 7.37. The SMILES string of the molecule is NCc1cccc2ccccc12.O=C(N[C@@H](CCCNCc1ccc[nH]1)C(=O)O)c1ccc(CCNCc2ccccn2)cc1. The van der Waals surface area contributed by atoms with Crippen LogP contribution in [-0.4, -0.2) is 46.1 Å². The van der Waals surface area contributed by atoms with Crippen molar-refractivity contribution in [2.75, 3.05) is 13.1 Å². The Morgan fingerprint density at radius 1 is 0.844 bits per heavy atom. The summed E-state index contributed by atoms with van der Waals surface area (Å²) in [4.78, 5) is 31.5. The molecule has 0 bridgehead atoms. The maximum Gasteiger partial charge on any atom is 0.326 e. The van der Waals surface area contributed by atoms with Crippen LogP contribution in [0.3, 0.4) is 0 Å². The average Bonchev–Trinajstić information content (AvgIpc) is 3.60. The maximum atomic E-state index is 12.5. The Labute approximate surface area is 264 Å². The lowest BCUT2D eigenvalue weighted by Crippen LogP contribution is -2.41. The summed E-state index contributed by atoms with van der Waals surface area (Å²) in [7, 11) is 0. The molecule has 0 saturated heterocycles. The molecule has 9 heteroatoms. The Balaban J connectivity index is 0.000000318. The molecule has 1 amide bonds. The molecule has 0 aliphatic carbocycles. The number of nitrogens with zero attached hydrogens (tertiary/aromatic N) is 1. The molecule has 0 aliphatic rings. The molecular weight excluding hydrogens is 564 g/mol. The summed E-state index contributed by atoms with van der Waals surface area (Å²) >= 11 is 0. The number of H-pyrrole nitrogens is 1. The lowest BCUT2D eigenvalue weighted by atomic mass is 10.1. The number of fused-ring (bicyclic) bond motifs is 1. The van der Waals surface area contributed by atoms with Gasteiger partial charge < -0.3 is 31.8 Å². The van der Waals surface area contributed by atoms with Gasteiger partial charge in [0, 0.05) is 43.3 Å². The quantitative estimate of drug-likeness (QED) is 0.0940. The molecule has 0 fully saturated rings. The predicted octanol–water partition coefficient (Wildman–Crippen LogP) is 4.79. The van der Waals surface area contributed by atoms with E-state index in [1.165, 1.54) is 16.3 Å². The van der Waals surface area contributed by atoms with Crippen LogP contribution in [0.4, 0.5) is 0 Å². The number of nitrogens with one attached hydrogen (secondary N) is 4. The normalized spacial score (nSPS) is 11.4. The van der Waals surface area contributed by atoms with Gasteiger partial charge in [-0.1, -0.05) is 60.7 Å². The second-order valence-electron chi connectivity index (χ2n) is 10.7. The molecule has 45 heavy (non-hydrogen) atoms. The first-order chi connectivity index (χ1) is 22.0. The molecule has 5 rings (SSSR count). The molecule has 0 unspecified atom stereocenters. The molecular formula is C36H42N6O3. The van der Waals surface area contributed by atoms with Crippen molar-refractivity contribution in [1.82, 2.24) is 25.9 Å². The van der Waals surface area contributed by atoms with E-state index >= 15 is 0 Å². The van der Waals surface area contributed by atoms with Crippen LogP contribution in [0.2, 0.25) is 0 Å². The van der Waals surface area contributed by atoms with Crippen molar-refractivity contribution < 1.29 is 14.7 Å². The van der Waals surface area contributed by atoms with Crippen molar-refractivity contribution in [2.24, 2.45) is 5.73 Å². The van der Waals surface area contributed by atoms with Gasteiger partial charge in [-0.15, -0.1) is 0 Å². The fourth-order valence-corrected chi connectivity index (χ4v) is 4.88. The monoisotopic (exact) mass is 606 g/mol. The Kier molecular flexibility index (Phi) is 13.3. The summed E-state index contributed by atoms with van der Waals surface area (Å²) in [6.45, 7) is 3.48. The number of amides is 1. The average molecular weight is 607 g/mol. The van der Waals surface area contributed by atoms with Gasteiger partial charge in [0.2, 0.25) is 0 Å². The van der Waals surface area contributed by atoms with E-state index in [4.69, 9.17) is 5.73 Å². The number of rotatable bonds is 15. The third kappa shape index (κ3) is 11.0. The maximum absolute atomic E-state index is 12.5. The van der Waals surface area contributed by atoms with Crippen molar-refractivity contribution in [3.8, 4) is 0 Å². The van der Waals surface area contributed by atoms with Gasteiger partial charge in [-0.3, -0.25) is 9.78 Å². The number of pyridine rings is 1. The zero-order chi connectivity index (χ0) is 31.7. The molecule has 0 radical (unpaired) electrons. The van der Waals surface area contributed by atoms with Crippen LogP contribution in [0.5, 0.6) is 0 Å². The first kappa shape index (κ1) is 33.1. The zero-order valence-corrected chi connectivity index (χ0v) is 25.4. The Morgan fingerprint density at radius 2 is 1.62 bits per heavy atom. The standard InChI is InChI=1S/C25H31N5O3.C11H11N/c31-24(30-23(25(32)33)7-4-13-26-17-22-6-3-15-29-22)20-10-8-19(9-11-20)12-16-27-18-21-5-1-2-14-28-21;12-8-10-6-3-5-9-4-1-2-7-11(9)10/h1-3,5-6,8-11,14-15,23,26-27,29H,4,7,12-13,16-18H2,(H,30,31)(H,32,33);1-7H,8,12H2/t23-;/m0./s1. The molecule has 3 aromatic carbocycles. The largest absolute Gasteiger partial charge is 0.480 e. The summed E-state index contributed by atoms with van der Waals surface area (Å²) in [5.41, 5.74) is 10.5. The van der Waals surface area contributed by atoms with Gasteiger partial charge in [-0.2, -0.15) is 0 Å². The molecule has 9 nitrogen and oxygen atoms in total. The van der Waals surface area contributed by atoms with Crippen LogP contribution in [0.1, 0.15) is 45.7 Å². The number of benzene rings is 3. The number of hydrogen-bond acceptors (Lipinski definition) is 6. The molecule has 2 heterocycles. The van der Waals surface area contributed by atoms with Gasteiger partial charge in [0.05, 0.1) is 5.69 Å². The van der Waals surface area contributed by atoms with Gasteiger partial charge in [-0.25, -0.2) is 4.79 Å². The Bertz CT molecular complexity index is 1590. The number of carbonyl (C=O) groups is 2. The minimum Gasteiger partial charge on any atom is -0.480 e. The molecule has 5 aromatic rings. The van der Waals surface area contributed by atoms with E-state index in [-0.39, 0.29) is 5.91 Å². The first-order valence-electron chi connectivity index (χ1n) is 15.3. The number of carboxylic acid groups (broad SMARTS) is 1. The number of nitrogens with two attached hydrogens (primary N) is 1. The number of carbonyl (C=O) groups excluding carboxylic acids is 1. The minimum atomic E-state index is -1.02. The predicted molar refractivity (Wildman–Crippen MR) is 179 cm³/mol. The lowest BCUT2D eigenvalue weighted by molar-refractivity contribution is -0.139. The van der Waals surface area contributed by atoms with E-state index in [0.717, 1.165) is 29.9 Å². The van der Waals surface area contributed by atoms with E-state index < -0.39 is 12.0 Å². The molecule has 0 saturated carbocycles. The Morgan fingerprint density at radius 3 is 2.36 bits per heavy atom. The zero-order valence-electron chi connectivity index (χ0n) is 25.4. The van der Waals surface area contributed by atoms with E-state index in [2.05, 4.69) is 50.2 Å². The second-order valence-corrected chi connectivity index (χ2v) is 10.7. The minimum absolute atomic E-state index is 0.360. The molecule has 7 N–H and O–H groups in total. The van der Waals surface area contributed by atoms with Crippen molar-refractivity contribution in [1.29, 1.82) is 0 Å². The highest BCUT2D eigenvalue weighted by Gasteiger charge is 2.20. The summed E-state index contributed by atoms with van der Waals surface area (Å²) < 4.78 is 0. The van der Waals surface area contributed by atoms with Gasteiger partial charge in [0.25, 0.3) is 5.91 Å². The van der Waals surface area contributed by atoms with Gasteiger partial charge in [-0.05, 0) is 90.6 Å². The number of carboxylic acids is 1. The van der Waals surface area contributed by atoms with Crippen molar-refractivity contribution >= 4 is 22.6 Å². The summed E-state index contributed by atoms with van der Waals surface area (Å²) in [5.74, 6) is -1.40. The number of hydrogen-bond donors (Lipinski definition) is 6. The summed E-state index contributed by atoms with van der Waals surface area (Å²) in [6, 6.07) is 30.6. The van der Waals surface area contributed by atoms with Crippen LogP contribution in [0.15, 0.2) is 109 Å².